The van der Waals surface area contributed by atoms with Gasteiger partial charge in [-0.05, 0) is 44.0 Å². The van der Waals surface area contributed by atoms with Crippen LogP contribution in [0.1, 0.15) is 37.9 Å². The maximum Gasteiger partial charge on any atom is 0.324 e. The zero-order valence-corrected chi connectivity index (χ0v) is 17.9. The van der Waals surface area contributed by atoms with Crippen molar-refractivity contribution in [2.75, 3.05) is 18.0 Å². The maximum atomic E-state index is 13.6. The Bertz CT molecular complexity index is 1080. The van der Waals surface area contributed by atoms with Gasteiger partial charge in [0, 0.05) is 48.6 Å². The van der Waals surface area contributed by atoms with Crippen molar-refractivity contribution in [3.05, 3.63) is 53.9 Å². The van der Waals surface area contributed by atoms with E-state index in [-0.39, 0.29) is 29.3 Å². The van der Waals surface area contributed by atoms with Crippen molar-refractivity contribution in [2.24, 2.45) is 11.1 Å². The highest BCUT2D eigenvalue weighted by molar-refractivity contribution is 5.82. The van der Waals surface area contributed by atoms with E-state index in [1.807, 2.05) is 0 Å². The highest BCUT2D eigenvalue weighted by Gasteiger charge is 2.54. The van der Waals surface area contributed by atoms with Crippen LogP contribution >= 0.6 is 0 Å². The second kappa shape index (κ2) is 7.30. The van der Waals surface area contributed by atoms with Gasteiger partial charge >= 0.3 is 6.01 Å². The normalized spacial score (nSPS) is 21.9. The fourth-order valence-electron chi connectivity index (χ4n) is 4.88. The van der Waals surface area contributed by atoms with Crippen molar-refractivity contribution in [1.29, 1.82) is 0 Å². The van der Waals surface area contributed by atoms with Gasteiger partial charge in [-0.3, -0.25) is 4.98 Å². The van der Waals surface area contributed by atoms with Gasteiger partial charge < -0.3 is 20.7 Å². The third-order valence-corrected chi connectivity index (χ3v) is 6.84. The molecule has 1 spiro atoms. The lowest BCUT2D eigenvalue weighted by Crippen LogP contribution is -2.30. The molecule has 2 aromatic heterocycles. The number of hydrogen-bond donors (Lipinski definition) is 2. The summed E-state index contributed by atoms with van der Waals surface area (Å²) in [6.07, 6.45) is 7.32. The van der Waals surface area contributed by atoms with E-state index in [2.05, 4.69) is 40.6 Å². The Kier molecular flexibility index (Phi) is 4.69. The number of halogens is 1. The van der Waals surface area contributed by atoms with Gasteiger partial charge in [0.05, 0.1) is 18.1 Å². The van der Waals surface area contributed by atoms with Gasteiger partial charge in [0.2, 0.25) is 0 Å². The van der Waals surface area contributed by atoms with E-state index in [0.29, 0.717) is 6.42 Å². The van der Waals surface area contributed by atoms with Crippen LogP contribution in [0, 0.1) is 11.2 Å². The van der Waals surface area contributed by atoms with Crippen molar-refractivity contribution >= 4 is 11.4 Å². The fourth-order valence-corrected chi connectivity index (χ4v) is 4.88. The van der Waals surface area contributed by atoms with E-state index in [0.717, 1.165) is 49.2 Å². The minimum absolute atomic E-state index is 0.131. The van der Waals surface area contributed by atoms with Crippen LogP contribution in [0.2, 0.25) is 0 Å². The molecule has 5 rings (SSSR count). The third kappa shape index (κ3) is 3.44. The minimum atomic E-state index is -0.468. The van der Waals surface area contributed by atoms with Crippen LogP contribution in [0.3, 0.4) is 0 Å². The van der Waals surface area contributed by atoms with E-state index in [9.17, 15) is 4.39 Å². The second-order valence-electron chi connectivity index (χ2n) is 8.86. The second-order valence-corrected chi connectivity index (χ2v) is 8.86. The summed E-state index contributed by atoms with van der Waals surface area (Å²) in [5.41, 5.74) is 11.1. The first-order valence-electron chi connectivity index (χ1n) is 10.7. The molecule has 0 bridgehead atoms. The Hall–Kier alpha value is -3.00. The number of allylic oxidation sites excluding steroid dienone is 1. The van der Waals surface area contributed by atoms with Gasteiger partial charge in [-0.25, -0.2) is 4.39 Å². The molecule has 162 valence electrons. The van der Waals surface area contributed by atoms with E-state index >= 15 is 0 Å². The molecule has 2 unspecified atom stereocenters. The largest absolute Gasteiger partial charge is 0.422 e. The molecule has 0 aromatic carbocycles. The molecular formula is C23H27FN6O. The number of fused-ring (bicyclic) bond motifs is 1. The third-order valence-electron chi connectivity index (χ3n) is 6.84. The number of nitrogens with zero attached hydrogens (tertiary/aromatic N) is 4. The lowest BCUT2D eigenvalue weighted by molar-refractivity contribution is 0.433. The highest BCUT2D eigenvalue weighted by atomic mass is 19.1. The molecule has 31 heavy (non-hydrogen) atoms. The molecule has 1 aliphatic heterocycles. The Morgan fingerprint density at radius 2 is 2.19 bits per heavy atom. The predicted molar refractivity (Wildman–Crippen MR) is 117 cm³/mol. The smallest absolute Gasteiger partial charge is 0.324 e. The number of ether oxygens (including phenoxy) is 1. The van der Waals surface area contributed by atoms with Gasteiger partial charge in [0.25, 0.3) is 0 Å². The molecule has 0 amide bonds. The molecular weight excluding hydrogens is 395 g/mol. The van der Waals surface area contributed by atoms with Gasteiger partial charge in [-0.1, -0.05) is 6.58 Å². The lowest BCUT2D eigenvalue weighted by Gasteiger charge is -2.22. The van der Waals surface area contributed by atoms with Crippen LogP contribution in [-0.2, 0) is 6.42 Å². The average molecular weight is 423 g/mol. The summed E-state index contributed by atoms with van der Waals surface area (Å²) in [4.78, 5) is 15.6. The van der Waals surface area contributed by atoms with Crippen molar-refractivity contribution in [1.82, 2.24) is 20.3 Å². The number of anilines is 1. The molecule has 1 saturated heterocycles. The molecule has 8 heteroatoms. The highest BCUT2D eigenvalue weighted by Crippen LogP contribution is 2.53. The first-order chi connectivity index (χ1) is 14.9. The minimum Gasteiger partial charge on any atom is -0.422 e. The van der Waals surface area contributed by atoms with Crippen molar-refractivity contribution in [3.63, 3.8) is 0 Å². The SMILES string of the molecule is C=CNC(C)C1=C(C)c2c(nc(Oc3cncc(F)c3)nc2N2CC(N)C3(CC3)C2)C1. The molecule has 1 saturated carbocycles. The summed E-state index contributed by atoms with van der Waals surface area (Å²) in [6, 6.07) is 1.75. The van der Waals surface area contributed by atoms with Gasteiger partial charge in [0.15, 0.2) is 5.75 Å². The predicted octanol–water partition coefficient (Wildman–Crippen LogP) is 3.18. The van der Waals surface area contributed by atoms with E-state index in [1.54, 1.807) is 6.20 Å². The van der Waals surface area contributed by atoms with Crippen molar-refractivity contribution in [3.8, 4) is 11.8 Å². The summed E-state index contributed by atoms with van der Waals surface area (Å²) in [7, 11) is 0. The Morgan fingerprint density at radius 1 is 1.39 bits per heavy atom. The monoisotopic (exact) mass is 422 g/mol. The standard InChI is InChI=1S/C23H27FN6O/c1-4-27-14(3)17-8-18-20(13(17)2)21(30-11-19(25)23(12-30)5-6-23)29-22(28-18)31-16-7-15(24)9-26-10-16/h4,7,9-10,14,19,27H,1,5-6,8,11-12,25H2,2-3H3. The number of hydrogen-bond acceptors (Lipinski definition) is 7. The molecule has 2 atom stereocenters. The number of aromatic nitrogens is 3. The zero-order chi connectivity index (χ0) is 21.8. The van der Waals surface area contributed by atoms with Gasteiger partial charge in [-0.2, -0.15) is 9.97 Å². The fraction of sp³-hybridized carbons (Fsp3) is 0.435. The van der Waals surface area contributed by atoms with E-state index in [1.165, 1.54) is 23.4 Å². The summed E-state index contributed by atoms with van der Waals surface area (Å²) in [5, 5.41) is 3.28. The van der Waals surface area contributed by atoms with E-state index in [4.69, 9.17) is 15.5 Å². The summed E-state index contributed by atoms with van der Waals surface area (Å²) < 4.78 is 19.4. The topological polar surface area (TPSA) is 89.2 Å². The number of rotatable bonds is 6. The quantitative estimate of drug-likeness (QED) is 0.739. The molecule has 0 radical (unpaired) electrons. The van der Waals surface area contributed by atoms with Crippen LogP contribution in [0.25, 0.3) is 5.57 Å². The number of pyridine rings is 1. The molecule has 3 N–H and O–H groups in total. The Balaban J connectivity index is 1.55. The first kappa shape index (κ1) is 19.9. The molecule has 3 aliphatic rings. The lowest BCUT2D eigenvalue weighted by atomic mass is 10.0. The molecule has 3 heterocycles. The molecule has 2 aromatic rings. The van der Waals surface area contributed by atoms with Crippen LogP contribution < -0.4 is 20.7 Å². The summed E-state index contributed by atoms with van der Waals surface area (Å²) >= 11 is 0. The van der Waals surface area contributed by atoms with Crippen LogP contribution in [0.15, 0.2) is 36.8 Å². The van der Waals surface area contributed by atoms with Gasteiger partial charge in [0.1, 0.15) is 11.6 Å². The van der Waals surface area contributed by atoms with E-state index < -0.39 is 5.82 Å². The Labute approximate surface area is 181 Å². The summed E-state index contributed by atoms with van der Waals surface area (Å²) in [6.45, 7) is 9.67. The van der Waals surface area contributed by atoms with Gasteiger partial charge in [-0.15, -0.1) is 0 Å². The summed E-state index contributed by atoms with van der Waals surface area (Å²) in [5.74, 6) is 0.651. The molecule has 2 aliphatic carbocycles. The molecule has 7 nitrogen and oxygen atoms in total. The van der Waals surface area contributed by atoms with Crippen LogP contribution in [0.5, 0.6) is 11.8 Å². The van der Waals surface area contributed by atoms with Crippen LogP contribution in [0.4, 0.5) is 10.2 Å². The van der Waals surface area contributed by atoms with Crippen molar-refractivity contribution < 1.29 is 9.13 Å². The number of nitrogens with two attached hydrogens (primary N) is 1. The average Bonchev–Trinajstić information content (AvgIpc) is 3.33. The number of nitrogens with one attached hydrogen (secondary N) is 1. The maximum absolute atomic E-state index is 13.6. The zero-order valence-electron chi connectivity index (χ0n) is 17.9. The molecule has 2 fully saturated rings. The van der Waals surface area contributed by atoms with Crippen molar-refractivity contribution in [2.45, 2.75) is 45.2 Å². The first-order valence-corrected chi connectivity index (χ1v) is 10.7. The van der Waals surface area contributed by atoms with Crippen LogP contribution in [-0.4, -0.2) is 40.1 Å². The Morgan fingerprint density at radius 3 is 2.87 bits per heavy atom.